The van der Waals surface area contributed by atoms with Crippen LogP contribution in [0.5, 0.6) is 0 Å². The Labute approximate surface area is 190 Å². The van der Waals surface area contributed by atoms with Gasteiger partial charge in [-0.05, 0) is 45.8 Å². The number of fused-ring (bicyclic) bond motifs is 6. The molecular formula is C26H18N2O2Zn. The summed E-state index contributed by atoms with van der Waals surface area (Å²) >= 11 is 0. The Morgan fingerprint density at radius 1 is 0.452 bits per heavy atom. The van der Waals surface area contributed by atoms with Crippen LogP contribution in [0, 0.1) is 0 Å². The van der Waals surface area contributed by atoms with Crippen LogP contribution in [-0.4, -0.2) is 9.97 Å². The van der Waals surface area contributed by atoms with Crippen LogP contribution >= 0.6 is 0 Å². The standard InChI is InChI=1S/2C13H9NO.Zn/c2*15-11-5-1-3-9-6-7-10-4-2-8-14-13(10)12(9)11;/h2*1-8,14H;. The van der Waals surface area contributed by atoms with Crippen molar-refractivity contribution in [3.05, 3.63) is 118 Å². The summed E-state index contributed by atoms with van der Waals surface area (Å²) in [7, 11) is 0. The number of aromatic amines is 2. The zero-order chi connectivity index (χ0) is 20.5. The molecule has 5 heteroatoms. The molecular weight excluding hydrogens is 438 g/mol. The fourth-order valence-electron chi connectivity index (χ4n) is 3.88. The molecule has 4 nitrogen and oxygen atoms in total. The molecule has 0 unspecified atom stereocenters. The van der Waals surface area contributed by atoms with Crippen molar-refractivity contribution in [1.29, 1.82) is 0 Å². The van der Waals surface area contributed by atoms with E-state index in [1.54, 1.807) is 24.3 Å². The molecule has 31 heavy (non-hydrogen) atoms. The minimum atomic E-state index is 0. The first-order valence-corrected chi connectivity index (χ1v) is 9.71. The maximum atomic E-state index is 11.8. The Kier molecular flexibility index (Phi) is 5.79. The molecule has 2 heterocycles. The molecule has 0 aliphatic carbocycles. The Morgan fingerprint density at radius 3 is 1.29 bits per heavy atom. The van der Waals surface area contributed by atoms with Gasteiger partial charge in [-0.1, -0.05) is 60.7 Å². The zero-order valence-corrected chi connectivity index (χ0v) is 19.7. The number of aromatic nitrogens is 2. The number of hydrogen-bond acceptors (Lipinski definition) is 2. The molecule has 0 saturated heterocycles. The molecule has 0 bridgehead atoms. The molecule has 2 N–H and O–H groups in total. The first kappa shape index (κ1) is 20.7. The average Bonchev–Trinajstić information content (AvgIpc) is 2.79. The Bertz CT molecular complexity index is 1530. The molecule has 6 aromatic rings. The third kappa shape index (κ3) is 3.80. The second-order valence-electron chi connectivity index (χ2n) is 7.11. The van der Waals surface area contributed by atoms with E-state index < -0.39 is 0 Å². The number of benzene rings is 4. The van der Waals surface area contributed by atoms with E-state index in [0.717, 1.165) is 43.4 Å². The van der Waals surface area contributed by atoms with Crippen molar-refractivity contribution in [2.24, 2.45) is 0 Å². The number of H-pyrrole nitrogens is 2. The van der Waals surface area contributed by atoms with Gasteiger partial charge in [0.1, 0.15) is 0 Å². The molecule has 0 radical (unpaired) electrons. The second kappa shape index (κ2) is 8.67. The van der Waals surface area contributed by atoms with Crippen molar-refractivity contribution in [3.8, 4) is 0 Å². The molecule has 0 atom stereocenters. The van der Waals surface area contributed by atoms with Crippen LogP contribution in [-0.2, 0) is 19.5 Å². The summed E-state index contributed by atoms with van der Waals surface area (Å²) < 4.78 is 0. The molecule has 0 spiro atoms. The third-order valence-corrected chi connectivity index (χ3v) is 5.28. The summed E-state index contributed by atoms with van der Waals surface area (Å²) in [5, 5.41) is 5.64. The summed E-state index contributed by atoms with van der Waals surface area (Å²) in [5.41, 5.74) is 1.97. The smallest absolute Gasteiger partial charge is 0.188 e. The van der Waals surface area contributed by atoms with Gasteiger partial charge in [0, 0.05) is 31.9 Å². The van der Waals surface area contributed by atoms with Crippen LogP contribution in [0.2, 0.25) is 0 Å². The maximum absolute atomic E-state index is 11.8. The predicted molar refractivity (Wildman–Crippen MR) is 124 cm³/mol. The molecule has 146 valence electrons. The maximum Gasteiger partial charge on any atom is 0.188 e. The van der Waals surface area contributed by atoms with Gasteiger partial charge < -0.3 is 9.97 Å². The van der Waals surface area contributed by atoms with Crippen molar-refractivity contribution in [2.45, 2.75) is 0 Å². The quantitative estimate of drug-likeness (QED) is 0.239. The van der Waals surface area contributed by atoms with Gasteiger partial charge in [-0.2, -0.15) is 0 Å². The molecule has 2 aromatic heterocycles. The van der Waals surface area contributed by atoms with E-state index >= 15 is 0 Å². The largest absolute Gasteiger partial charge is 0.361 e. The van der Waals surface area contributed by atoms with E-state index in [2.05, 4.69) is 9.97 Å². The SMILES string of the molecule is O=c1cccc2ccc3ccc[nH]c3c12.O=c1cccc2ccc3ccc[nH]c3c12.[Zn]. The summed E-state index contributed by atoms with van der Waals surface area (Å²) in [4.78, 5) is 29.8. The second-order valence-corrected chi connectivity index (χ2v) is 7.11. The van der Waals surface area contributed by atoms with Crippen molar-refractivity contribution in [1.82, 2.24) is 9.97 Å². The third-order valence-electron chi connectivity index (χ3n) is 5.28. The normalized spacial score (nSPS) is 10.6. The molecule has 0 fully saturated rings. The molecule has 0 amide bonds. The van der Waals surface area contributed by atoms with Gasteiger partial charge in [0.25, 0.3) is 0 Å². The fraction of sp³-hybridized carbons (Fsp3) is 0. The van der Waals surface area contributed by atoms with Gasteiger partial charge >= 0.3 is 0 Å². The van der Waals surface area contributed by atoms with E-state index in [0.29, 0.717) is 0 Å². The van der Waals surface area contributed by atoms with Crippen molar-refractivity contribution >= 4 is 43.4 Å². The van der Waals surface area contributed by atoms with Gasteiger partial charge in [-0.15, -0.1) is 0 Å². The number of nitrogens with one attached hydrogen (secondary N) is 2. The van der Waals surface area contributed by atoms with E-state index in [-0.39, 0.29) is 30.3 Å². The van der Waals surface area contributed by atoms with Gasteiger partial charge in [0.05, 0.1) is 21.8 Å². The first-order chi connectivity index (χ1) is 14.7. The summed E-state index contributed by atoms with van der Waals surface area (Å²) in [6.45, 7) is 0. The van der Waals surface area contributed by atoms with Gasteiger partial charge in [-0.3, -0.25) is 9.59 Å². The fourth-order valence-corrected chi connectivity index (χ4v) is 3.88. The average molecular weight is 456 g/mol. The van der Waals surface area contributed by atoms with E-state index in [9.17, 15) is 9.59 Å². The minimum absolute atomic E-state index is 0. The summed E-state index contributed by atoms with van der Waals surface area (Å²) in [6.07, 6.45) is 3.68. The van der Waals surface area contributed by atoms with Gasteiger partial charge in [0.15, 0.2) is 10.9 Å². The topological polar surface area (TPSA) is 65.7 Å². The predicted octanol–water partition coefficient (Wildman–Crippen LogP) is 5.36. The van der Waals surface area contributed by atoms with Crippen LogP contribution in [0.15, 0.2) is 107 Å². The van der Waals surface area contributed by atoms with Crippen molar-refractivity contribution in [2.75, 3.05) is 0 Å². The zero-order valence-electron chi connectivity index (χ0n) is 16.8. The molecule has 0 saturated carbocycles. The summed E-state index contributed by atoms with van der Waals surface area (Å²) in [5.74, 6) is 0. The number of hydrogen-bond donors (Lipinski definition) is 2. The molecule has 6 rings (SSSR count). The monoisotopic (exact) mass is 454 g/mol. The Balaban J connectivity index is 0.000000144. The first-order valence-electron chi connectivity index (χ1n) is 9.71. The van der Waals surface area contributed by atoms with Crippen LogP contribution < -0.4 is 10.9 Å². The molecule has 4 aromatic carbocycles. The Hall–Kier alpha value is -3.56. The van der Waals surface area contributed by atoms with E-state index in [1.165, 1.54) is 0 Å². The van der Waals surface area contributed by atoms with Crippen LogP contribution in [0.3, 0.4) is 0 Å². The van der Waals surface area contributed by atoms with Gasteiger partial charge in [0.2, 0.25) is 0 Å². The van der Waals surface area contributed by atoms with Crippen LogP contribution in [0.1, 0.15) is 0 Å². The minimum Gasteiger partial charge on any atom is -0.361 e. The number of pyridine rings is 2. The van der Waals surface area contributed by atoms with Crippen LogP contribution in [0.25, 0.3) is 43.4 Å². The Morgan fingerprint density at radius 2 is 0.839 bits per heavy atom. The van der Waals surface area contributed by atoms with Crippen LogP contribution in [0.4, 0.5) is 0 Å². The summed E-state index contributed by atoms with van der Waals surface area (Å²) in [6, 6.07) is 26.6. The van der Waals surface area contributed by atoms with Crippen molar-refractivity contribution < 1.29 is 19.5 Å². The van der Waals surface area contributed by atoms with Gasteiger partial charge in [-0.25, -0.2) is 0 Å². The molecule has 0 aliphatic heterocycles. The van der Waals surface area contributed by atoms with E-state index in [1.807, 2.05) is 73.1 Å². The van der Waals surface area contributed by atoms with E-state index in [4.69, 9.17) is 0 Å². The molecule has 0 aliphatic rings. The van der Waals surface area contributed by atoms with Crippen molar-refractivity contribution in [3.63, 3.8) is 0 Å². The number of rotatable bonds is 0.